The van der Waals surface area contributed by atoms with Gasteiger partial charge >= 0.3 is 0 Å². The molecule has 1 rings (SSSR count). The number of anilines is 1. The number of nitrogens with one attached hydrogen (secondary N) is 1. The van der Waals surface area contributed by atoms with E-state index in [1.54, 1.807) is 10.9 Å². The van der Waals surface area contributed by atoms with Crippen molar-refractivity contribution in [1.29, 1.82) is 0 Å². The largest absolute Gasteiger partial charge is 0.329 e. The van der Waals surface area contributed by atoms with Gasteiger partial charge in [0.2, 0.25) is 5.91 Å². The second kappa shape index (κ2) is 5.31. The number of aromatic nitrogens is 2. The summed E-state index contributed by atoms with van der Waals surface area (Å²) in [7, 11) is 1.85. The maximum Gasteiger partial charge on any atom is 0.231 e. The Labute approximate surface area is 102 Å². The number of hydrogen-bond donors (Lipinski definition) is 2. The maximum absolute atomic E-state index is 12.3. The first kappa shape index (κ1) is 13.7. The Kier molecular flexibility index (Phi) is 4.28. The highest BCUT2D eigenvalue weighted by molar-refractivity contribution is 5.95. The molecule has 1 aromatic rings. The predicted molar refractivity (Wildman–Crippen MR) is 68.6 cm³/mol. The van der Waals surface area contributed by atoms with E-state index < -0.39 is 5.41 Å². The molecule has 0 aliphatic heterocycles. The van der Waals surface area contributed by atoms with E-state index in [-0.39, 0.29) is 5.91 Å². The molecule has 0 saturated heterocycles. The van der Waals surface area contributed by atoms with Crippen LogP contribution in [-0.4, -0.2) is 22.2 Å². The van der Waals surface area contributed by atoms with Crippen LogP contribution in [-0.2, 0) is 11.8 Å². The topological polar surface area (TPSA) is 72.9 Å². The fourth-order valence-electron chi connectivity index (χ4n) is 1.83. The van der Waals surface area contributed by atoms with Gasteiger partial charge in [0.1, 0.15) is 0 Å². The summed E-state index contributed by atoms with van der Waals surface area (Å²) in [6.45, 7) is 6.27. The van der Waals surface area contributed by atoms with Crippen LogP contribution in [0.3, 0.4) is 0 Å². The van der Waals surface area contributed by atoms with Crippen LogP contribution in [0.2, 0.25) is 0 Å². The molecule has 0 unspecified atom stereocenters. The van der Waals surface area contributed by atoms with Gasteiger partial charge in [0.25, 0.3) is 0 Å². The molecule has 0 spiro atoms. The van der Waals surface area contributed by atoms with E-state index in [1.807, 2.05) is 27.8 Å². The number of amides is 1. The lowest BCUT2D eigenvalue weighted by Crippen LogP contribution is -2.41. The first-order chi connectivity index (χ1) is 8.00. The minimum absolute atomic E-state index is 0.0129. The molecule has 5 nitrogen and oxygen atoms in total. The number of aryl methyl sites for hydroxylation is 1. The van der Waals surface area contributed by atoms with E-state index in [0.717, 1.165) is 24.2 Å². The molecule has 0 aromatic carbocycles. The van der Waals surface area contributed by atoms with Crippen LogP contribution in [0.5, 0.6) is 0 Å². The van der Waals surface area contributed by atoms with Crippen LogP contribution < -0.4 is 11.1 Å². The van der Waals surface area contributed by atoms with E-state index in [0.29, 0.717) is 6.54 Å². The second-order valence-electron chi connectivity index (χ2n) is 4.41. The minimum Gasteiger partial charge on any atom is -0.329 e. The first-order valence-corrected chi connectivity index (χ1v) is 6.00. The van der Waals surface area contributed by atoms with Gasteiger partial charge < -0.3 is 11.1 Å². The normalized spacial score (nSPS) is 11.6. The molecule has 17 heavy (non-hydrogen) atoms. The Morgan fingerprint density at radius 3 is 2.47 bits per heavy atom. The van der Waals surface area contributed by atoms with Gasteiger partial charge in [0, 0.05) is 13.6 Å². The number of carbonyl (C=O) groups is 1. The van der Waals surface area contributed by atoms with Gasteiger partial charge in [-0.2, -0.15) is 5.10 Å². The van der Waals surface area contributed by atoms with Crippen molar-refractivity contribution in [1.82, 2.24) is 9.78 Å². The molecule has 0 bridgehead atoms. The third-order valence-corrected chi connectivity index (χ3v) is 3.71. The molecule has 0 aliphatic carbocycles. The molecular weight excluding hydrogens is 216 g/mol. The van der Waals surface area contributed by atoms with Gasteiger partial charge in [0.05, 0.1) is 23.0 Å². The van der Waals surface area contributed by atoms with Gasteiger partial charge in [-0.25, -0.2) is 0 Å². The van der Waals surface area contributed by atoms with Crippen LogP contribution in [0, 0.1) is 12.3 Å². The molecule has 1 amide bonds. The zero-order chi connectivity index (χ0) is 13.1. The van der Waals surface area contributed by atoms with E-state index >= 15 is 0 Å². The number of nitrogens with two attached hydrogens (primary N) is 1. The molecule has 0 radical (unpaired) electrons. The molecule has 5 heteroatoms. The van der Waals surface area contributed by atoms with Crippen LogP contribution in [0.4, 0.5) is 5.69 Å². The standard InChI is InChI=1S/C12H22N4O/c1-5-12(6-2,8-13)11(17)15-10-7-14-16(4)9(10)3/h7H,5-6,8,13H2,1-4H3,(H,15,17). The number of rotatable bonds is 5. The van der Waals surface area contributed by atoms with Crippen molar-refractivity contribution in [3.8, 4) is 0 Å². The fraction of sp³-hybridized carbons (Fsp3) is 0.667. The van der Waals surface area contributed by atoms with Crippen molar-refractivity contribution in [2.45, 2.75) is 33.6 Å². The van der Waals surface area contributed by atoms with E-state index in [9.17, 15) is 4.79 Å². The van der Waals surface area contributed by atoms with Crippen molar-refractivity contribution in [3.63, 3.8) is 0 Å². The van der Waals surface area contributed by atoms with Crippen LogP contribution >= 0.6 is 0 Å². The van der Waals surface area contributed by atoms with E-state index in [1.165, 1.54) is 0 Å². The van der Waals surface area contributed by atoms with Gasteiger partial charge in [-0.05, 0) is 19.8 Å². The lowest BCUT2D eigenvalue weighted by atomic mass is 9.81. The van der Waals surface area contributed by atoms with Crippen LogP contribution in [0.15, 0.2) is 6.20 Å². The molecule has 1 aromatic heterocycles. The SMILES string of the molecule is CCC(CC)(CN)C(=O)Nc1cnn(C)c1C. The quantitative estimate of drug-likeness (QED) is 0.815. The lowest BCUT2D eigenvalue weighted by molar-refractivity contribution is -0.125. The smallest absolute Gasteiger partial charge is 0.231 e. The summed E-state index contributed by atoms with van der Waals surface area (Å²) in [5.74, 6) is -0.0129. The van der Waals surface area contributed by atoms with Crippen LogP contribution in [0.25, 0.3) is 0 Å². The Bertz CT molecular complexity index is 385. The molecule has 0 atom stereocenters. The maximum atomic E-state index is 12.3. The van der Waals surface area contributed by atoms with E-state index in [4.69, 9.17) is 5.73 Å². The zero-order valence-electron chi connectivity index (χ0n) is 11.1. The van der Waals surface area contributed by atoms with Gasteiger partial charge in [-0.3, -0.25) is 9.48 Å². The van der Waals surface area contributed by atoms with Gasteiger partial charge in [0.15, 0.2) is 0 Å². The summed E-state index contributed by atoms with van der Waals surface area (Å²) in [5, 5.41) is 7.02. The predicted octanol–water partition coefficient (Wildman–Crippen LogP) is 1.43. The number of hydrogen-bond acceptors (Lipinski definition) is 3. The summed E-state index contributed by atoms with van der Waals surface area (Å²) in [6.07, 6.45) is 3.15. The van der Waals surface area contributed by atoms with E-state index in [2.05, 4.69) is 10.4 Å². The monoisotopic (exact) mass is 238 g/mol. The molecule has 0 aliphatic rings. The zero-order valence-corrected chi connectivity index (χ0v) is 11.1. The van der Waals surface area contributed by atoms with Crippen molar-refractivity contribution in [2.75, 3.05) is 11.9 Å². The molecule has 96 valence electrons. The number of nitrogens with zero attached hydrogens (tertiary/aromatic N) is 2. The summed E-state index contributed by atoms with van der Waals surface area (Å²) in [5.41, 5.74) is 6.98. The van der Waals surface area contributed by atoms with Crippen LogP contribution in [0.1, 0.15) is 32.4 Å². The van der Waals surface area contributed by atoms with Crippen molar-refractivity contribution in [3.05, 3.63) is 11.9 Å². The Hall–Kier alpha value is -1.36. The van der Waals surface area contributed by atoms with Crippen molar-refractivity contribution in [2.24, 2.45) is 18.2 Å². The summed E-state index contributed by atoms with van der Waals surface area (Å²) >= 11 is 0. The summed E-state index contributed by atoms with van der Waals surface area (Å²) in [6, 6.07) is 0. The third-order valence-electron chi connectivity index (χ3n) is 3.71. The minimum atomic E-state index is -0.470. The average molecular weight is 238 g/mol. The molecule has 0 fully saturated rings. The highest BCUT2D eigenvalue weighted by atomic mass is 16.2. The lowest BCUT2D eigenvalue weighted by Gasteiger charge is -2.28. The molecule has 0 saturated carbocycles. The Morgan fingerprint density at radius 1 is 1.53 bits per heavy atom. The highest BCUT2D eigenvalue weighted by Crippen LogP contribution is 2.27. The third kappa shape index (κ3) is 2.49. The van der Waals surface area contributed by atoms with Crippen molar-refractivity contribution >= 4 is 11.6 Å². The highest BCUT2D eigenvalue weighted by Gasteiger charge is 2.33. The summed E-state index contributed by atoms with van der Waals surface area (Å²) in [4.78, 5) is 12.3. The average Bonchev–Trinajstić information content (AvgIpc) is 2.64. The Morgan fingerprint density at radius 2 is 2.12 bits per heavy atom. The van der Waals surface area contributed by atoms with Gasteiger partial charge in [-0.15, -0.1) is 0 Å². The Balaban J connectivity index is 2.88. The molecular formula is C12H22N4O. The first-order valence-electron chi connectivity index (χ1n) is 6.00. The van der Waals surface area contributed by atoms with Gasteiger partial charge in [-0.1, -0.05) is 13.8 Å². The molecule has 3 N–H and O–H groups in total. The fourth-order valence-corrected chi connectivity index (χ4v) is 1.83. The summed E-state index contributed by atoms with van der Waals surface area (Å²) < 4.78 is 1.73. The second-order valence-corrected chi connectivity index (χ2v) is 4.41. The molecule has 1 heterocycles. The number of carbonyl (C=O) groups excluding carboxylic acids is 1. The van der Waals surface area contributed by atoms with Crippen molar-refractivity contribution < 1.29 is 4.79 Å².